The molecule has 0 aliphatic carbocycles. The molecule has 32 heavy (non-hydrogen) atoms. The summed E-state index contributed by atoms with van der Waals surface area (Å²) in [7, 11) is 0. The average molecular weight is 447 g/mol. The van der Waals surface area contributed by atoms with E-state index in [1.807, 2.05) is 27.7 Å². The molecule has 0 aliphatic heterocycles. The molecule has 0 spiro atoms. The zero-order chi connectivity index (χ0) is 23.8. The molecular formula is C26H38O6. The highest BCUT2D eigenvalue weighted by atomic mass is 16.3. The van der Waals surface area contributed by atoms with Crippen molar-refractivity contribution in [1.29, 1.82) is 0 Å². The third kappa shape index (κ3) is 9.13. The van der Waals surface area contributed by atoms with Gasteiger partial charge in [-0.1, -0.05) is 27.7 Å². The Labute approximate surface area is 190 Å². The fourth-order valence-electron chi connectivity index (χ4n) is 3.55. The van der Waals surface area contributed by atoms with Gasteiger partial charge in [0.1, 0.15) is 23.0 Å². The monoisotopic (exact) mass is 446 g/mol. The van der Waals surface area contributed by atoms with Crippen LogP contribution < -0.4 is 10.9 Å². The maximum atomic E-state index is 12.1. The molecule has 2 aromatic rings. The van der Waals surface area contributed by atoms with Crippen LogP contribution in [0.4, 0.5) is 0 Å². The summed E-state index contributed by atoms with van der Waals surface area (Å²) in [5.41, 5.74) is -0.475. The van der Waals surface area contributed by atoms with E-state index in [0.29, 0.717) is 48.7 Å². The Balaban J connectivity index is 1.98. The van der Waals surface area contributed by atoms with Crippen LogP contribution in [0.3, 0.4) is 0 Å². The minimum Gasteiger partial charge on any atom is -0.466 e. The minimum atomic E-state index is -0.145. The molecule has 6 nitrogen and oxygen atoms in total. The number of hydrogen-bond donors (Lipinski definition) is 2. The lowest BCUT2D eigenvalue weighted by Gasteiger charge is -2.20. The van der Waals surface area contributed by atoms with Crippen LogP contribution in [0.2, 0.25) is 0 Å². The van der Waals surface area contributed by atoms with E-state index in [0.717, 1.165) is 25.7 Å². The van der Waals surface area contributed by atoms with E-state index in [-0.39, 0.29) is 34.9 Å². The van der Waals surface area contributed by atoms with Crippen molar-refractivity contribution in [2.75, 3.05) is 13.2 Å². The first kappa shape index (κ1) is 26.1. The fourth-order valence-corrected chi connectivity index (χ4v) is 3.55. The molecule has 6 heteroatoms. The van der Waals surface area contributed by atoms with Gasteiger partial charge in [0.25, 0.3) is 0 Å². The lowest BCUT2D eigenvalue weighted by atomic mass is 9.88. The predicted octanol–water partition coefficient (Wildman–Crippen LogP) is 4.06. The zero-order valence-corrected chi connectivity index (χ0v) is 19.9. The summed E-state index contributed by atoms with van der Waals surface area (Å²) in [6.45, 7) is 8.29. The van der Waals surface area contributed by atoms with Crippen molar-refractivity contribution >= 4 is 0 Å². The molecular weight excluding hydrogens is 408 g/mol. The van der Waals surface area contributed by atoms with Crippen LogP contribution in [0.25, 0.3) is 0 Å². The van der Waals surface area contributed by atoms with Crippen LogP contribution in [0.5, 0.6) is 0 Å². The molecule has 0 amide bonds. The lowest BCUT2D eigenvalue weighted by molar-refractivity contribution is 0.147. The second-order valence-electron chi connectivity index (χ2n) is 10.3. The number of aliphatic hydroxyl groups is 2. The van der Waals surface area contributed by atoms with Crippen LogP contribution in [0.1, 0.15) is 76.4 Å². The predicted molar refractivity (Wildman–Crippen MR) is 125 cm³/mol. The molecule has 2 aromatic heterocycles. The summed E-state index contributed by atoms with van der Waals surface area (Å²) in [4.78, 5) is 24.2. The maximum Gasteiger partial charge on any atom is 0.185 e. The third-order valence-electron chi connectivity index (χ3n) is 5.76. The Morgan fingerprint density at radius 2 is 0.938 bits per heavy atom. The summed E-state index contributed by atoms with van der Waals surface area (Å²) >= 11 is 0. The van der Waals surface area contributed by atoms with Crippen LogP contribution in [-0.2, 0) is 25.7 Å². The summed E-state index contributed by atoms with van der Waals surface area (Å²) in [6.07, 6.45) is 5.54. The number of rotatable bonds is 13. The van der Waals surface area contributed by atoms with Gasteiger partial charge in [0.05, 0.1) is 0 Å². The Morgan fingerprint density at radius 3 is 1.25 bits per heavy atom. The molecule has 2 N–H and O–H groups in total. The molecule has 178 valence electrons. The van der Waals surface area contributed by atoms with Crippen molar-refractivity contribution in [2.45, 2.75) is 79.1 Å². The third-order valence-corrected chi connectivity index (χ3v) is 5.76. The number of aryl methyl sites for hydroxylation is 4. The molecule has 2 rings (SSSR count). The quantitative estimate of drug-likeness (QED) is 0.481. The van der Waals surface area contributed by atoms with E-state index < -0.39 is 0 Å². The van der Waals surface area contributed by atoms with Gasteiger partial charge >= 0.3 is 0 Å². The standard InChI is InChI=1S/C26H38O6/c1-25(2,17-27)11-5-7-21-13-19(29)15-23(31-21)9-10-24-16-20(30)14-22(32-24)8-6-12-26(3,4)18-28/h13-16,27-28H,5-12,17-18H2,1-4H3. The number of aliphatic hydroxyl groups excluding tert-OH is 2. The van der Waals surface area contributed by atoms with Crippen molar-refractivity contribution < 1.29 is 19.0 Å². The normalized spacial score (nSPS) is 12.3. The first-order valence-corrected chi connectivity index (χ1v) is 11.5. The van der Waals surface area contributed by atoms with Crippen molar-refractivity contribution in [3.05, 3.63) is 67.8 Å². The summed E-state index contributed by atoms with van der Waals surface area (Å²) in [6, 6.07) is 6.01. The van der Waals surface area contributed by atoms with E-state index in [4.69, 9.17) is 8.83 Å². The molecule has 0 unspecified atom stereocenters. The van der Waals surface area contributed by atoms with Crippen molar-refractivity contribution in [2.24, 2.45) is 10.8 Å². The molecule has 0 bridgehead atoms. The van der Waals surface area contributed by atoms with Gasteiger partial charge in [-0.05, 0) is 36.5 Å². The van der Waals surface area contributed by atoms with Crippen molar-refractivity contribution in [3.63, 3.8) is 0 Å². The molecule has 0 fully saturated rings. The summed E-state index contributed by atoms with van der Waals surface area (Å²) < 4.78 is 11.8. The van der Waals surface area contributed by atoms with Gasteiger partial charge in [-0.15, -0.1) is 0 Å². The molecule has 0 saturated heterocycles. The van der Waals surface area contributed by atoms with E-state index >= 15 is 0 Å². The Bertz CT molecular complexity index is 887. The highest BCUT2D eigenvalue weighted by molar-refractivity contribution is 5.11. The highest BCUT2D eigenvalue weighted by Crippen LogP contribution is 2.23. The van der Waals surface area contributed by atoms with Gasteiger partial charge in [0.2, 0.25) is 0 Å². The Hall–Kier alpha value is -2.18. The largest absolute Gasteiger partial charge is 0.466 e. The van der Waals surface area contributed by atoms with Crippen LogP contribution in [0, 0.1) is 10.8 Å². The first-order chi connectivity index (χ1) is 15.0. The summed E-state index contributed by atoms with van der Waals surface area (Å²) in [5.74, 6) is 2.43. The molecule has 0 saturated carbocycles. The highest BCUT2D eigenvalue weighted by Gasteiger charge is 2.17. The zero-order valence-electron chi connectivity index (χ0n) is 19.9. The molecule has 0 radical (unpaired) electrons. The lowest BCUT2D eigenvalue weighted by Crippen LogP contribution is -2.16. The van der Waals surface area contributed by atoms with Gasteiger partial charge in [0, 0.05) is 63.2 Å². The smallest absolute Gasteiger partial charge is 0.185 e. The molecule has 0 atom stereocenters. The van der Waals surface area contributed by atoms with Gasteiger partial charge in [-0.25, -0.2) is 0 Å². The van der Waals surface area contributed by atoms with Crippen molar-refractivity contribution in [1.82, 2.24) is 0 Å². The van der Waals surface area contributed by atoms with E-state index in [2.05, 4.69) is 0 Å². The fraction of sp³-hybridized carbons (Fsp3) is 0.615. The first-order valence-electron chi connectivity index (χ1n) is 11.5. The molecule has 0 aliphatic rings. The Kier molecular flexibility index (Phi) is 9.47. The van der Waals surface area contributed by atoms with Gasteiger partial charge in [-0.3, -0.25) is 9.59 Å². The second-order valence-corrected chi connectivity index (χ2v) is 10.3. The summed E-state index contributed by atoms with van der Waals surface area (Å²) in [5, 5.41) is 18.8. The van der Waals surface area contributed by atoms with Gasteiger partial charge in [-0.2, -0.15) is 0 Å². The van der Waals surface area contributed by atoms with Crippen LogP contribution >= 0.6 is 0 Å². The topological polar surface area (TPSA) is 101 Å². The average Bonchev–Trinajstić information content (AvgIpc) is 2.71. The van der Waals surface area contributed by atoms with Crippen molar-refractivity contribution in [3.8, 4) is 0 Å². The molecule has 0 aromatic carbocycles. The van der Waals surface area contributed by atoms with Gasteiger partial charge in [0.15, 0.2) is 10.9 Å². The van der Waals surface area contributed by atoms with Gasteiger partial charge < -0.3 is 19.0 Å². The van der Waals surface area contributed by atoms with Crippen LogP contribution in [-0.4, -0.2) is 23.4 Å². The van der Waals surface area contributed by atoms with E-state index in [1.165, 1.54) is 24.3 Å². The number of hydrogen-bond acceptors (Lipinski definition) is 6. The minimum absolute atomic E-state index is 0.0932. The van der Waals surface area contributed by atoms with E-state index in [1.54, 1.807) is 0 Å². The second kappa shape index (κ2) is 11.6. The maximum absolute atomic E-state index is 12.1. The SMILES string of the molecule is CC(C)(CO)CCCc1cc(=O)cc(CCc2cc(=O)cc(CCCC(C)(C)CO)o2)o1. The molecule has 2 heterocycles. The van der Waals surface area contributed by atoms with Crippen LogP contribution in [0.15, 0.2) is 42.7 Å². The Morgan fingerprint density at radius 1 is 0.625 bits per heavy atom. The van der Waals surface area contributed by atoms with E-state index in [9.17, 15) is 19.8 Å².